The summed E-state index contributed by atoms with van der Waals surface area (Å²) in [5.41, 5.74) is 7.00. The van der Waals surface area contributed by atoms with Crippen molar-refractivity contribution in [3.63, 3.8) is 0 Å². The third-order valence-electron chi connectivity index (χ3n) is 3.99. The van der Waals surface area contributed by atoms with Gasteiger partial charge >= 0.3 is 0 Å². The molecule has 0 aromatic carbocycles. The van der Waals surface area contributed by atoms with Crippen molar-refractivity contribution in [2.24, 2.45) is 17.6 Å². The summed E-state index contributed by atoms with van der Waals surface area (Å²) in [6, 6.07) is 0. The number of hydrogen-bond donors (Lipinski definition) is 1. The molecule has 1 aliphatic heterocycles. The van der Waals surface area contributed by atoms with Gasteiger partial charge in [0, 0.05) is 18.8 Å². The van der Waals surface area contributed by atoms with Crippen LogP contribution in [0.15, 0.2) is 12.3 Å². The lowest BCUT2D eigenvalue weighted by molar-refractivity contribution is 0.204. The van der Waals surface area contributed by atoms with Crippen molar-refractivity contribution in [2.45, 2.75) is 46.0 Å². The molecular formula is C14H28N2. The molecule has 2 nitrogen and oxygen atoms in total. The van der Waals surface area contributed by atoms with Crippen molar-refractivity contribution < 1.29 is 0 Å². The van der Waals surface area contributed by atoms with Crippen molar-refractivity contribution in [2.75, 3.05) is 19.6 Å². The number of allylic oxidation sites excluding steroid dienone is 1. The first kappa shape index (κ1) is 13.6. The Kier molecular flexibility index (Phi) is 5.89. The van der Waals surface area contributed by atoms with E-state index in [9.17, 15) is 0 Å². The van der Waals surface area contributed by atoms with E-state index in [1.165, 1.54) is 44.5 Å². The molecule has 0 spiro atoms. The highest BCUT2D eigenvalue weighted by Crippen LogP contribution is 2.28. The summed E-state index contributed by atoms with van der Waals surface area (Å²) in [5, 5.41) is 0. The van der Waals surface area contributed by atoms with Crippen LogP contribution in [0.25, 0.3) is 0 Å². The van der Waals surface area contributed by atoms with Crippen LogP contribution in [0.3, 0.4) is 0 Å². The van der Waals surface area contributed by atoms with E-state index in [1.54, 1.807) is 0 Å². The largest absolute Gasteiger partial charge is 0.375 e. The highest BCUT2D eigenvalue weighted by Gasteiger charge is 2.21. The summed E-state index contributed by atoms with van der Waals surface area (Å²) in [4.78, 5) is 2.50. The normalized spacial score (nSPS) is 23.6. The molecule has 0 aromatic heterocycles. The molecule has 2 N–H and O–H groups in total. The van der Waals surface area contributed by atoms with Crippen LogP contribution in [-0.4, -0.2) is 24.5 Å². The highest BCUT2D eigenvalue weighted by molar-refractivity contribution is 4.99. The van der Waals surface area contributed by atoms with E-state index in [-0.39, 0.29) is 0 Å². The zero-order valence-corrected chi connectivity index (χ0v) is 11.0. The van der Waals surface area contributed by atoms with Crippen LogP contribution in [0.4, 0.5) is 0 Å². The van der Waals surface area contributed by atoms with Gasteiger partial charge in [-0.3, -0.25) is 0 Å². The maximum atomic E-state index is 5.65. The minimum absolute atomic E-state index is 0.750. The molecule has 1 rings (SSSR count). The summed E-state index contributed by atoms with van der Waals surface area (Å²) < 4.78 is 0. The number of nitrogens with zero attached hydrogens (tertiary/aromatic N) is 1. The van der Waals surface area contributed by atoms with E-state index in [1.807, 2.05) is 0 Å². The number of rotatable bonds is 6. The van der Waals surface area contributed by atoms with Gasteiger partial charge in [-0.05, 0) is 37.6 Å². The molecule has 0 bridgehead atoms. The Labute approximate surface area is 101 Å². The standard InChI is InChI=1S/C14H28N2/c1-4-13-7-9-16(12(3)10-13)11-14(5-2)6-8-15/h13-14H,3-11,15H2,1-2H3. The summed E-state index contributed by atoms with van der Waals surface area (Å²) in [7, 11) is 0. The smallest absolute Gasteiger partial charge is 0.0203 e. The van der Waals surface area contributed by atoms with Crippen LogP contribution in [0.1, 0.15) is 46.0 Å². The molecule has 2 atom stereocenters. The summed E-state index contributed by atoms with van der Waals surface area (Å²) >= 11 is 0. The Balaban J connectivity index is 2.40. The Morgan fingerprint density at radius 3 is 2.75 bits per heavy atom. The molecule has 94 valence electrons. The molecule has 0 amide bonds. The molecule has 0 aromatic rings. The van der Waals surface area contributed by atoms with Gasteiger partial charge in [-0.25, -0.2) is 0 Å². The third-order valence-corrected chi connectivity index (χ3v) is 3.99. The van der Waals surface area contributed by atoms with E-state index < -0.39 is 0 Å². The van der Waals surface area contributed by atoms with Crippen molar-refractivity contribution in [1.29, 1.82) is 0 Å². The second kappa shape index (κ2) is 6.95. The SMILES string of the molecule is C=C1CC(CC)CCN1CC(CC)CCN. The molecule has 1 fully saturated rings. The molecule has 16 heavy (non-hydrogen) atoms. The second-order valence-electron chi connectivity index (χ2n) is 5.13. The molecule has 2 heteroatoms. The van der Waals surface area contributed by atoms with Crippen LogP contribution in [0.5, 0.6) is 0 Å². The average Bonchev–Trinajstić information content (AvgIpc) is 2.30. The minimum atomic E-state index is 0.750. The monoisotopic (exact) mass is 224 g/mol. The Bertz CT molecular complexity index is 213. The maximum Gasteiger partial charge on any atom is 0.0203 e. The molecular weight excluding hydrogens is 196 g/mol. The Morgan fingerprint density at radius 1 is 1.50 bits per heavy atom. The van der Waals surface area contributed by atoms with Gasteiger partial charge in [0.2, 0.25) is 0 Å². The van der Waals surface area contributed by atoms with Crippen molar-refractivity contribution in [1.82, 2.24) is 4.90 Å². The van der Waals surface area contributed by atoms with Crippen molar-refractivity contribution in [3.8, 4) is 0 Å². The molecule has 0 radical (unpaired) electrons. The van der Waals surface area contributed by atoms with Crippen LogP contribution in [-0.2, 0) is 0 Å². The second-order valence-corrected chi connectivity index (χ2v) is 5.13. The number of hydrogen-bond acceptors (Lipinski definition) is 2. The van der Waals surface area contributed by atoms with E-state index >= 15 is 0 Å². The first-order valence-electron chi connectivity index (χ1n) is 6.84. The van der Waals surface area contributed by atoms with Gasteiger partial charge in [-0.1, -0.05) is 33.3 Å². The molecule has 1 heterocycles. The molecule has 1 saturated heterocycles. The first-order valence-corrected chi connectivity index (χ1v) is 6.84. The zero-order valence-electron chi connectivity index (χ0n) is 11.0. The highest BCUT2D eigenvalue weighted by atomic mass is 15.1. The summed E-state index contributed by atoms with van der Waals surface area (Å²) in [6.45, 7) is 12.0. The van der Waals surface area contributed by atoms with E-state index in [0.29, 0.717) is 0 Å². The summed E-state index contributed by atoms with van der Waals surface area (Å²) in [6.07, 6.45) is 6.23. The van der Waals surface area contributed by atoms with Gasteiger partial charge in [0.25, 0.3) is 0 Å². The van der Waals surface area contributed by atoms with Crippen LogP contribution < -0.4 is 5.73 Å². The molecule has 0 aliphatic carbocycles. The van der Waals surface area contributed by atoms with Gasteiger partial charge in [0.15, 0.2) is 0 Å². The fraction of sp³-hybridized carbons (Fsp3) is 0.857. The fourth-order valence-electron chi connectivity index (χ4n) is 2.60. The Hall–Kier alpha value is -0.500. The van der Waals surface area contributed by atoms with Crippen LogP contribution in [0.2, 0.25) is 0 Å². The van der Waals surface area contributed by atoms with Gasteiger partial charge in [0.05, 0.1) is 0 Å². The lowest BCUT2D eigenvalue weighted by Crippen LogP contribution is -2.35. The maximum absolute atomic E-state index is 5.65. The first-order chi connectivity index (χ1) is 7.71. The molecule has 0 saturated carbocycles. The van der Waals surface area contributed by atoms with E-state index in [4.69, 9.17) is 5.73 Å². The number of piperidine rings is 1. The lowest BCUT2D eigenvalue weighted by Gasteiger charge is -2.37. The Morgan fingerprint density at radius 2 is 2.25 bits per heavy atom. The average molecular weight is 224 g/mol. The third kappa shape index (κ3) is 3.82. The van der Waals surface area contributed by atoms with Crippen LogP contribution in [0, 0.1) is 11.8 Å². The van der Waals surface area contributed by atoms with E-state index in [0.717, 1.165) is 24.8 Å². The van der Waals surface area contributed by atoms with Crippen molar-refractivity contribution in [3.05, 3.63) is 12.3 Å². The predicted octanol–water partition coefficient (Wildman–Crippen LogP) is 3.00. The van der Waals surface area contributed by atoms with Gasteiger partial charge in [0.1, 0.15) is 0 Å². The number of nitrogens with two attached hydrogens (primary N) is 1. The fourth-order valence-corrected chi connectivity index (χ4v) is 2.60. The quantitative estimate of drug-likeness (QED) is 0.751. The van der Waals surface area contributed by atoms with E-state index in [2.05, 4.69) is 25.3 Å². The summed E-state index contributed by atoms with van der Waals surface area (Å²) in [5.74, 6) is 1.62. The number of likely N-dealkylation sites (tertiary alicyclic amines) is 1. The van der Waals surface area contributed by atoms with Gasteiger partial charge in [-0.2, -0.15) is 0 Å². The lowest BCUT2D eigenvalue weighted by atomic mass is 9.91. The molecule has 1 aliphatic rings. The van der Waals surface area contributed by atoms with Crippen LogP contribution >= 0.6 is 0 Å². The van der Waals surface area contributed by atoms with Crippen molar-refractivity contribution >= 4 is 0 Å². The van der Waals surface area contributed by atoms with Gasteiger partial charge in [-0.15, -0.1) is 0 Å². The topological polar surface area (TPSA) is 29.3 Å². The predicted molar refractivity (Wildman–Crippen MR) is 71.2 cm³/mol. The zero-order chi connectivity index (χ0) is 12.0. The van der Waals surface area contributed by atoms with Gasteiger partial charge < -0.3 is 10.6 Å². The molecule has 2 unspecified atom stereocenters. The minimum Gasteiger partial charge on any atom is -0.375 e.